The maximum Gasteiger partial charge on any atom is 0.416 e. The van der Waals surface area contributed by atoms with Crippen LogP contribution in [0.1, 0.15) is 13.3 Å². The number of ether oxygens (including phenoxy) is 1. The van der Waals surface area contributed by atoms with Crippen molar-refractivity contribution in [3.8, 4) is 0 Å². The predicted octanol–water partition coefficient (Wildman–Crippen LogP) is 2.98. The Morgan fingerprint density at radius 1 is 1.29 bits per heavy atom. The normalized spacial score (nSPS) is 14.6. The van der Waals surface area contributed by atoms with Crippen LogP contribution in [-0.4, -0.2) is 37.5 Å². The molecular weight excluding hydrogens is 342 g/mol. The van der Waals surface area contributed by atoms with Gasteiger partial charge in [0.15, 0.2) is 0 Å². The highest BCUT2D eigenvalue weighted by Crippen LogP contribution is 2.29. The molecule has 0 saturated heterocycles. The molecule has 0 rings (SSSR count). The number of allylic oxidation sites excluding steroid dienone is 4. The zero-order chi connectivity index (χ0) is 19.0. The number of rotatable bonds is 8. The minimum absolute atomic E-state index is 0.0807. The van der Waals surface area contributed by atoms with Gasteiger partial charge in [0, 0.05) is 12.6 Å². The first-order valence-corrected chi connectivity index (χ1v) is 6.73. The minimum atomic E-state index is -4.99. The summed E-state index contributed by atoms with van der Waals surface area (Å²) in [5.74, 6) is -0.849. The topological polar surface area (TPSA) is 64.3 Å². The summed E-state index contributed by atoms with van der Waals surface area (Å²) in [5, 5.41) is 2.45. The van der Waals surface area contributed by atoms with Crippen LogP contribution >= 0.6 is 0 Å². The Bertz CT molecular complexity index is 492. The smallest absolute Gasteiger partial charge is 0.416 e. The van der Waals surface area contributed by atoms with Gasteiger partial charge < -0.3 is 15.8 Å². The molecule has 0 aliphatic rings. The molecule has 0 fully saturated rings. The third kappa shape index (κ3) is 10.7. The number of hydrogen-bond acceptors (Lipinski definition) is 3. The molecule has 0 bridgehead atoms. The molecule has 1 amide bonds. The predicted molar refractivity (Wildman–Crippen MR) is 75.7 cm³/mol. The van der Waals surface area contributed by atoms with Crippen molar-refractivity contribution < 1.29 is 35.9 Å². The van der Waals surface area contributed by atoms with Crippen LogP contribution < -0.4 is 11.1 Å². The van der Waals surface area contributed by atoms with Gasteiger partial charge in [-0.25, -0.2) is 0 Å². The van der Waals surface area contributed by atoms with Crippen molar-refractivity contribution in [1.29, 1.82) is 0 Å². The second-order valence-corrected chi connectivity index (χ2v) is 4.72. The van der Waals surface area contributed by atoms with E-state index in [-0.39, 0.29) is 25.6 Å². The van der Waals surface area contributed by atoms with E-state index in [4.69, 9.17) is 10.5 Å². The van der Waals surface area contributed by atoms with Crippen molar-refractivity contribution >= 4 is 5.91 Å². The van der Waals surface area contributed by atoms with Crippen molar-refractivity contribution in [2.75, 3.05) is 13.2 Å². The molecule has 0 unspecified atom stereocenters. The first-order valence-electron chi connectivity index (χ1n) is 6.73. The van der Waals surface area contributed by atoms with Gasteiger partial charge in [-0.2, -0.15) is 26.3 Å². The second-order valence-electron chi connectivity index (χ2n) is 4.72. The summed E-state index contributed by atoms with van der Waals surface area (Å²) in [4.78, 5) is 11.1. The highest BCUT2D eigenvalue weighted by Gasteiger charge is 2.33. The summed E-state index contributed by atoms with van der Waals surface area (Å²) in [6.07, 6.45) is -9.86. The Hall–Kier alpha value is -1.97. The second kappa shape index (κ2) is 9.36. The largest absolute Gasteiger partial charge is 0.494 e. The number of halogens is 6. The molecule has 10 heteroatoms. The Morgan fingerprint density at radius 3 is 2.33 bits per heavy atom. The van der Waals surface area contributed by atoms with Crippen LogP contribution in [0, 0.1) is 0 Å². The molecule has 3 N–H and O–H groups in total. The fraction of sp³-hybridized carbons (Fsp3) is 0.500. The van der Waals surface area contributed by atoms with Crippen LogP contribution in [0.4, 0.5) is 26.3 Å². The molecule has 0 aromatic heterocycles. The highest BCUT2D eigenvalue weighted by atomic mass is 19.4. The first-order chi connectivity index (χ1) is 10.8. The van der Waals surface area contributed by atoms with E-state index in [1.165, 1.54) is 6.92 Å². The van der Waals surface area contributed by atoms with Crippen molar-refractivity contribution in [3.05, 3.63) is 36.1 Å². The van der Waals surface area contributed by atoms with E-state index in [0.717, 1.165) is 0 Å². The third-order valence-electron chi connectivity index (χ3n) is 2.42. The molecule has 24 heavy (non-hydrogen) atoms. The number of carbonyl (C=O) groups is 1. The molecular formula is C14H18F6N2O2. The molecule has 138 valence electrons. The molecule has 0 aromatic rings. The Balaban J connectivity index is 4.52. The molecule has 1 atom stereocenters. The summed E-state index contributed by atoms with van der Waals surface area (Å²) >= 11 is 0. The van der Waals surface area contributed by atoms with E-state index in [1.807, 2.05) is 0 Å². The van der Waals surface area contributed by atoms with E-state index in [2.05, 4.69) is 11.9 Å². The lowest BCUT2D eigenvalue weighted by Gasteiger charge is -2.11. The summed E-state index contributed by atoms with van der Waals surface area (Å²) in [6, 6.07) is -0.696. The average molecular weight is 360 g/mol. The third-order valence-corrected chi connectivity index (χ3v) is 2.42. The Morgan fingerprint density at radius 2 is 1.88 bits per heavy atom. The quantitative estimate of drug-likeness (QED) is 0.303. The van der Waals surface area contributed by atoms with Gasteiger partial charge in [0.1, 0.15) is 5.76 Å². The molecule has 0 heterocycles. The first kappa shape index (κ1) is 22.0. The molecule has 0 radical (unpaired) electrons. The summed E-state index contributed by atoms with van der Waals surface area (Å²) in [6.45, 7) is 4.77. The number of hydrogen-bond donors (Lipinski definition) is 2. The van der Waals surface area contributed by atoms with Gasteiger partial charge in [-0.1, -0.05) is 6.58 Å². The van der Waals surface area contributed by atoms with E-state index in [0.29, 0.717) is 6.08 Å². The van der Waals surface area contributed by atoms with E-state index < -0.39 is 41.7 Å². The summed E-state index contributed by atoms with van der Waals surface area (Å²) < 4.78 is 78.7. The van der Waals surface area contributed by atoms with Crippen molar-refractivity contribution in [3.63, 3.8) is 0 Å². The maximum atomic E-state index is 12.6. The molecule has 0 saturated carbocycles. The zero-order valence-electron chi connectivity index (χ0n) is 12.8. The monoisotopic (exact) mass is 360 g/mol. The molecule has 0 aliphatic heterocycles. The van der Waals surface area contributed by atoms with E-state index in [1.54, 1.807) is 0 Å². The van der Waals surface area contributed by atoms with Gasteiger partial charge in [-0.15, -0.1) is 0 Å². The van der Waals surface area contributed by atoms with Gasteiger partial charge in [-0.05, 0) is 25.5 Å². The number of carbonyl (C=O) groups excluding carboxylic acids is 1. The van der Waals surface area contributed by atoms with Gasteiger partial charge in [0.05, 0.1) is 18.2 Å². The summed E-state index contributed by atoms with van der Waals surface area (Å²) in [7, 11) is 0. The number of nitrogens with one attached hydrogen (secondary N) is 1. The number of alkyl halides is 6. The SMILES string of the molecule is C=C(/C=C(\C=C\C(F)(F)F)C(F)(F)F)OCCCNC(=O)[C@H](C)N. The number of nitrogens with two attached hydrogens (primary N) is 1. The Labute approximate surface area is 135 Å². The zero-order valence-corrected chi connectivity index (χ0v) is 12.8. The van der Waals surface area contributed by atoms with Crippen LogP contribution in [0.2, 0.25) is 0 Å². The lowest BCUT2D eigenvalue weighted by molar-refractivity contribution is -0.122. The standard InChI is InChI=1S/C14H18F6N2O2/c1-9(24-7-3-6-22-12(23)10(2)21)8-11(14(18,19)20)4-5-13(15,16)17/h4-5,8,10H,1,3,6-7,21H2,2H3,(H,22,23)/b5-4+,11-8+/t10-/m0/s1. The van der Waals surface area contributed by atoms with Crippen molar-refractivity contribution in [2.24, 2.45) is 5.73 Å². The average Bonchev–Trinajstić information content (AvgIpc) is 2.40. The van der Waals surface area contributed by atoms with Crippen molar-refractivity contribution in [2.45, 2.75) is 31.7 Å². The van der Waals surface area contributed by atoms with Crippen LogP contribution in [-0.2, 0) is 9.53 Å². The fourth-order valence-corrected chi connectivity index (χ4v) is 1.27. The van der Waals surface area contributed by atoms with Crippen LogP contribution in [0.15, 0.2) is 36.1 Å². The van der Waals surface area contributed by atoms with Gasteiger partial charge in [0.2, 0.25) is 5.91 Å². The van der Waals surface area contributed by atoms with Crippen LogP contribution in [0.3, 0.4) is 0 Å². The molecule has 0 aliphatic carbocycles. The highest BCUT2D eigenvalue weighted by molar-refractivity contribution is 5.80. The summed E-state index contributed by atoms with van der Waals surface area (Å²) in [5.41, 5.74) is 3.75. The van der Waals surface area contributed by atoms with Gasteiger partial charge in [0.25, 0.3) is 0 Å². The van der Waals surface area contributed by atoms with E-state index >= 15 is 0 Å². The van der Waals surface area contributed by atoms with Crippen LogP contribution in [0.25, 0.3) is 0 Å². The van der Waals surface area contributed by atoms with Crippen LogP contribution in [0.5, 0.6) is 0 Å². The lowest BCUT2D eigenvalue weighted by Crippen LogP contribution is -2.38. The van der Waals surface area contributed by atoms with Gasteiger partial charge in [-0.3, -0.25) is 4.79 Å². The number of amides is 1. The molecule has 0 aromatic carbocycles. The van der Waals surface area contributed by atoms with Crippen molar-refractivity contribution in [1.82, 2.24) is 5.32 Å². The van der Waals surface area contributed by atoms with E-state index in [9.17, 15) is 31.1 Å². The Kier molecular flexibility index (Phi) is 8.59. The maximum absolute atomic E-state index is 12.6. The lowest BCUT2D eigenvalue weighted by atomic mass is 10.2. The fourth-order valence-electron chi connectivity index (χ4n) is 1.27. The van der Waals surface area contributed by atoms with Gasteiger partial charge >= 0.3 is 12.4 Å². The molecule has 0 spiro atoms. The minimum Gasteiger partial charge on any atom is -0.494 e. The molecule has 4 nitrogen and oxygen atoms in total.